The number of carbonyl (C=O) groups excluding carboxylic acids is 1. The number of nitriles is 1. The van der Waals surface area contributed by atoms with Gasteiger partial charge in [-0.2, -0.15) is 15.5 Å². The summed E-state index contributed by atoms with van der Waals surface area (Å²) in [5.41, 5.74) is 9.97. The maximum Gasteiger partial charge on any atom is 0.252 e. The van der Waals surface area contributed by atoms with Crippen molar-refractivity contribution in [2.45, 2.75) is 19.8 Å². The van der Waals surface area contributed by atoms with Gasteiger partial charge in [0.25, 0.3) is 5.91 Å². The number of para-hydroxylation sites is 1. The van der Waals surface area contributed by atoms with E-state index in [2.05, 4.69) is 26.6 Å². The lowest BCUT2D eigenvalue weighted by atomic mass is 10.1. The molecule has 0 fully saturated rings. The monoisotopic (exact) mass is 414 g/mol. The molecule has 3 heterocycles. The molecule has 0 radical (unpaired) electrons. The number of nitrogens with one attached hydrogen (secondary N) is 1. The molecule has 3 aromatic heterocycles. The molecule has 0 aliphatic rings. The summed E-state index contributed by atoms with van der Waals surface area (Å²) in [5, 5.41) is 22.1. The maximum absolute atomic E-state index is 12.5. The Labute approximate surface area is 179 Å². The summed E-state index contributed by atoms with van der Waals surface area (Å²) >= 11 is 0. The molecular formula is C22H22N8O. The highest BCUT2D eigenvalue weighted by Gasteiger charge is 2.16. The van der Waals surface area contributed by atoms with Crippen LogP contribution in [0.5, 0.6) is 0 Å². The smallest absolute Gasteiger partial charge is 0.252 e. The average molecular weight is 414 g/mol. The summed E-state index contributed by atoms with van der Waals surface area (Å²) in [7, 11) is 1.82. The predicted octanol–water partition coefficient (Wildman–Crippen LogP) is 2.28. The molecule has 0 aliphatic carbocycles. The number of amides is 1. The molecule has 1 amide bonds. The van der Waals surface area contributed by atoms with E-state index in [1.54, 1.807) is 21.6 Å². The number of nitrogens with two attached hydrogens (primary N) is 1. The van der Waals surface area contributed by atoms with Gasteiger partial charge in [0.05, 0.1) is 22.6 Å². The van der Waals surface area contributed by atoms with Crippen LogP contribution in [-0.4, -0.2) is 37.0 Å². The SMILES string of the molecule is Cc1nn(C)c2ncc(C(=O)NCCCc3nn(-c4ccccc4)c(N)c3C#N)cc12. The molecule has 0 bridgehead atoms. The molecular weight excluding hydrogens is 392 g/mol. The van der Waals surface area contributed by atoms with E-state index in [9.17, 15) is 10.1 Å². The highest BCUT2D eigenvalue weighted by atomic mass is 16.1. The van der Waals surface area contributed by atoms with E-state index < -0.39 is 0 Å². The number of aryl methyl sites for hydroxylation is 3. The Balaban J connectivity index is 1.40. The van der Waals surface area contributed by atoms with Gasteiger partial charge >= 0.3 is 0 Å². The summed E-state index contributed by atoms with van der Waals surface area (Å²) in [5.74, 6) is 0.117. The van der Waals surface area contributed by atoms with E-state index in [-0.39, 0.29) is 5.91 Å². The van der Waals surface area contributed by atoms with Crippen LogP contribution in [-0.2, 0) is 13.5 Å². The molecule has 4 rings (SSSR count). The molecule has 0 saturated heterocycles. The van der Waals surface area contributed by atoms with Crippen LogP contribution in [0.25, 0.3) is 16.7 Å². The van der Waals surface area contributed by atoms with Crippen molar-refractivity contribution in [3.63, 3.8) is 0 Å². The molecule has 9 nitrogen and oxygen atoms in total. The summed E-state index contributed by atoms with van der Waals surface area (Å²) in [6.07, 6.45) is 2.69. The second-order valence-electron chi connectivity index (χ2n) is 7.23. The molecule has 31 heavy (non-hydrogen) atoms. The van der Waals surface area contributed by atoms with E-state index in [0.29, 0.717) is 42.0 Å². The Morgan fingerprint density at radius 3 is 2.77 bits per heavy atom. The van der Waals surface area contributed by atoms with Crippen LogP contribution in [0, 0.1) is 18.3 Å². The minimum Gasteiger partial charge on any atom is -0.382 e. The summed E-state index contributed by atoms with van der Waals surface area (Å²) in [6.45, 7) is 2.32. The van der Waals surface area contributed by atoms with Crippen LogP contribution in [0.15, 0.2) is 42.6 Å². The lowest BCUT2D eigenvalue weighted by Gasteiger charge is -2.05. The molecule has 3 N–H and O–H groups in total. The van der Waals surface area contributed by atoms with Crippen LogP contribution >= 0.6 is 0 Å². The van der Waals surface area contributed by atoms with Crippen LogP contribution in [0.3, 0.4) is 0 Å². The highest BCUT2D eigenvalue weighted by molar-refractivity contribution is 5.97. The first-order chi connectivity index (χ1) is 15.0. The first kappa shape index (κ1) is 20.1. The van der Waals surface area contributed by atoms with Gasteiger partial charge in [-0.05, 0) is 38.0 Å². The third-order valence-corrected chi connectivity index (χ3v) is 5.11. The average Bonchev–Trinajstić information content (AvgIpc) is 3.26. The van der Waals surface area contributed by atoms with Crippen molar-refractivity contribution in [1.82, 2.24) is 29.9 Å². The topological polar surface area (TPSA) is 127 Å². The van der Waals surface area contributed by atoms with Crippen molar-refractivity contribution >= 4 is 22.8 Å². The van der Waals surface area contributed by atoms with E-state index in [1.165, 1.54) is 0 Å². The van der Waals surface area contributed by atoms with Crippen molar-refractivity contribution in [3.05, 3.63) is 65.1 Å². The Morgan fingerprint density at radius 1 is 1.26 bits per heavy atom. The molecule has 0 aliphatic heterocycles. The zero-order chi connectivity index (χ0) is 22.0. The van der Waals surface area contributed by atoms with Gasteiger partial charge in [-0.25, -0.2) is 9.67 Å². The molecule has 0 spiro atoms. The third kappa shape index (κ3) is 3.83. The normalized spacial score (nSPS) is 10.9. The van der Waals surface area contributed by atoms with Gasteiger partial charge in [0.2, 0.25) is 0 Å². The second-order valence-corrected chi connectivity index (χ2v) is 7.23. The van der Waals surface area contributed by atoms with Gasteiger partial charge < -0.3 is 11.1 Å². The van der Waals surface area contributed by atoms with Crippen LogP contribution in [0.4, 0.5) is 5.82 Å². The predicted molar refractivity (Wildman–Crippen MR) is 117 cm³/mol. The van der Waals surface area contributed by atoms with Gasteiger partial charge in [-0.1, -0.05) is 18.2 Å². The van der Waals surface area contributed by atoms with Crippen LogP contribution in [0.1, 0.15) is 33.7 Å². The third-order valence-electron chi connectivity index (χ3n) is 5.11. The Bertz CT molecular complexity index is 1300. The molecule has 0 saturated carbocycles. The number of nitrogens with zero attached hydrogens (tertiary/aromatic N) is 6. The zero-order valence-corrected chi connectivity index (χ0v) is 17.3. The standard InChI is InChI=1S/C22H22N8O/c1-14-17-11-15(13-26-21(17)29(2)27-14)22(31)25-10-6-9-19-18(12-23)20(24)30(28-19)16-7-4-3-5-8-16/h3-5,7-8,11,13H,6,9-10,24H2,1-2H3,(H,25,31). The number of rotatable bonds is 6. The Morgan fingerprint density at radius 2 is 2.03 bits per heavy atom. The van der Waals surface area contributed by atoms with Crippen molar-refractivity contribution < 1.29 is 4.79 Å². The zero-order valence-electron chi connectivity index (χ0n) is 17.3. The quantitative estimate of drug-likeness (QED) is 0.466. The van der Waals surface area contributed by atoms with Gasteiger partial charge in [0, 0.05) is 25.2 Å². The molecule has 1 aromatic carbocycles. The van der Waals surface area contributed by atoms with E-state index in [4.69, 9.17) is 5.73 Å². The molecule has 156 valence electrons. The summed E-state index contributed by atoms with van der Waals surface area (Å²) < 4.78 is 3.27. The van der Waals surface area contributed by atoms with Crippen molar-refractivity contribution in [1.29, 1.82) is 5.26 Å². The minimum absolute atomic E-state index is 0.201. The number of hydrogen-bond acceptors (Lipinski definition) is 6. The fraction of sp³-hybridized carbons (Fsp3) is 0.227. The number of nitrogen functional groups attached to an aromatic ring is 1. The lowest BCUT2D eigenvalue weighted by Crippen LogP contribution is -2.25. The molecule has 0 unspecified atom stereocenters. The maximum atomic E-state index is 12.5. The number of carbonyl (C=O) groups is 1. The number of aromatic nitrogens is 5. The second kappa shape index (κ2) is 8.28. The molecule has 9 heteroatoms. The lowest BCUT2D eigenvalue weighted by molar-refractivity contribution is 0.0953. The number of benzene rings is 1. The van der Waals surface area contributed by atoms with Crippen molar-refractivity contribution in [3.8, 4) is 11.8 Å². The van der Waals surface area contributed by atoms with Gasteiger partial charge in [0.15, 0.2) is 5.65 Å². The number of pyridine rings is 1. The number of anilines is 1. The largest absolute Gasteiger partial charge is 0.382 e. The Hall–Kier alpha value is -4.19. The summed E-state index contributed by atoms with van der Waals surface area (Å²) in [4.78, 5) is 16.9. The minimum atomic E-state index is -0.201. The highest BCUT2D eigenvalue weighted by Crippen LogP contribution is 2.21. The van der Waals surface area contributed by atoms with E-state index in [1.807, 2.05) is 44.3 Å². The van der Waals surface area contributed by atoms with E-state index >= 15 is 0 Å². The summed E-state index contributed by atoms with van der Waals surface area (Å²) in [6, 6.07) is 13.4. The van der Waals surface area contributed by atoms with Crippen molar-refractivity contribution in [2.24, 2.45) is 7.05 Å². The van der Waals surface area contributed by atoms with Crippen molar-refractivity contribution in [2.75, 3.05) is 12.3 Å². The fourth-order valence-electron chi connectivity index (χ4n) is 3.53. The van der Waals surface area contributed by atoms with E-state index in [0.717, 1.165) is 22.4 Å². The Kier molecular flexibility index (Phi) is 5.37. The molecule has 0 atom stereocenters. The first-order valence-corrected chi connectivity index (χ1v) is 9.90. The fourth-order valence-corrected chi connectivity index (χ4v) is 3.53. The van der Waals surface area contributed by atoms with Gasteiger partial charge in [0.1, 0.15) is 17.5 Å². The molecule has 4 aromatic rings. The number of hydrogen-bond donors (Lipinski definition) is 2. The number of fused-ring (bicyclic) bond motifs is 1. The first-order valence-electron chi connectivity index (χ1n) is 9.90. The van der Waals surface area contributed by atoms with Gasteiger partial charge in [-0.15, -0.1) is 0 Å². The van der Waals surface area contributed by atoms with Crippen LogP contribution in [0.2, 0.25) is 0 Å². The van der Waals surface area contributed by atoms with Crippen LogP contribution < -0.4 is 11.1 Å². The van der Waals surface area contributed by atoms with Gasteiger partial charge in [-0.3, -0.25) is 9.48 Å².